The van der Waals surface area contributed by atoms with Crippen molar-refractivity contribution in [2.45, 2.75) is 18.5 Å². The molecule has 1 aromatic heterocycles. The van der Waals surface area contributed by atoms with Gasteiger partial charge in [-0.1, -0.05) is 0 Å². The van der Waals surface area contributed by atoms with Gasteiger partial charge in [-0.2, -0.15) is 26.3 Å². The van der Waals surface area contributed by atoms with Crippen LogP contribution in [0.5, 0.6) is 5.88 Å². The molecule has 0 radical (unpaired) electrons. The van der Waals surface area contributed by atoms with Gasteiger partial charge in [-0.15, -0.1) is 10.2 Å². The minimum absolute atomic E-state index is 0.543. The Morgan fingerprint density at radius 1 is 1.11 bits per heavy atom. The fourth-order valence-electron chi connectivity index (χ4n) is 0.937. The molecule has 0 aromatic carbocycles. The molecule has 0 aliphatic rings. The smallest absolute Gasteiger partial charge is 0.434 e. The van der Waals surface area contributed by atoms with Crippen molar-refractivity contribution in [3.05, 3.63) is 17.8 Å². The largest absolute Gasteiger partial charge is 0.476 e. The number of aromatic nitrogens is 2. The number of carbonyl (C=O) groups is 1. The van der Waals surface area contributed by atoms with Gasteiger partial charge in [0, 0.05) is 6.07 Å². The third-order valence-corrected chi connectivity index (χ3v) is 1.69. The Kier molecular flexibility index (Phi) is 3.86. The molecule has 0 unspecified atom stereocenters. The van der Waals surface area contributed by atoms with Gasteiger partial charge in [0.15, 0.2) is 5.69 Å². The predicted molar refractivity (Wildman–Crippen MR) is 45.5 cm³/mol. The van der Waals surface area contributed by atoms with Crippen LogP contribution < -0.4 is 4.74 Å². The SMILES string of the molecule is O=C(O)c1ccc(OC(C(F)(F)F)C(F)(F)F)nn1. The van der Waals surface area contributed by atoms with Crippen LogP contribution in [0.3, 0.4) is 0 Å². The highest BCUT2D eigenvalue weighted by Gasteiger charge is 2.59. The van der Waals surface area contributed by atoms with E-state index in [-0.39, 0.29) is 0 Å². The Hall–Kier alpha value is -2.07. The molecule has 11 heteroatoms. The first-order chi connectivity index (χ1) is 8.51. The molecule has 106 valence electrons. The van der Waals surface area contributed by atoms with Gasteiger partial charge in [0.2, 0.25) is 5.88 Å². The van der Waals surface area contributed by atoms with Crippen molar-refractivity contribution < 1.29 is 41.0 Å². The highest BCUT2D eigenvalue weighted by atomic mass is 19.4. The van der Waals surface area contributed by atoms with E-state index in [2.05, 4.69) is 14.9 Å². The summed E-state index contributed by atoms with van der Waals surface area (Å²) in [5.74, 6) is -2.63. The standard InChI is InChI=1S/C8H4F6N2O3/c9-7(10,11)6(8(12,13)14)19-4-2-1-3(5(17)18)15-16-4/h1-2,6H,(H,17,18). The molecule has 0 fully saturated rings. The first-order valence-electron chi connectivity index (χ1n) is 4.39. The number of carboxylic acid groups (broad SMARTS) is 1. The molecule has 1 aromatic rings. The number of carboxylic acids is 1. The Morgan fingerprint density at radius 3 is 1.95 bits per heavy atom. The molecule has 1 rings (SSSR count). The van der Waals surface area contributed by atoms with Gasteiger partial charge in [-0.25, -0.2) is 4.79 Å². The molecule has 0 atom stereocenters. The van der Waals surface area contributed by atoms with Crippen molar-refractivity contribution in [3.8, 4) is 5.88 Å². The van der Waals surface area contributed by atoms with E-state index in [0.717, 1.165) is 0 Å². The summed E-state index contributed by atoms with van der Waals surface area (Å²) in [7, 11) is 0. The number of alkyl halides is 6. The summed E-state index contributed by atoms with van der Waals surface area (Å²) in [6, 6.07) is 1.20. The molecule has 1 heterocycles. The Balaban J connectivity index is 2.95. The molecule has 1 N–H and O–H groups in total. The number of hydrogen-bond donors (Lipinski definition) is 1. The third-order valence-electron chi connectivity index (χ3n) is 1.69. The number of rotatable bonds is 3. The molecule has 5 nitrogen and oxygen atoms in total. The summed E-state index contributed by atoms with van der Waals surface area (Å²) >= 11 is 0. The van der Waals surface area contributed by atoms with Crippen LogP contribution in [0.25, 0.3) is 0 Å². The van der Waals surface area contributed by atoms with Gasteiger partial charge >= 0.3 is 18.3 Å². The number of nitrogens with zero attached hydrogens (tertiary/aromatic N) is 2. The fraction of sp³-hybridized carbons (Fsp3) is 0.375. The van der Waals surface area contributed by atoms with Crippen LogP contribution in [0.1, 0.15) is 10.5 Å². The number of halogens is 6. The predicted octanol–water partition coefficient (Wildman–Crippen LogP) is 2.05. The minimum atomic E-state index is -5.69. The third kappa shape index (κ3) is 3.96. The highest BCUT2D eigenvalue weighted by Crippen LogP contribution is 2.35. The molecule has 0 saturated heterocycles. The topological polar surface area (TPSA) is 72.3 Å². The fourth-order valence-corrected chi connectivity index (χ4v) is 0.937. The molecule has 0 saturated carbocycles. The average Bonchev–Trinajstić information content (AvgIpc) is 2.23. The Labute approximate surface area is 100 Å². The summed E-state index contributed by atoms with van der Waals surface area (Å²) in [4.78, 5) is 10.3. The molecule has 0 spiro atoms. The quantitative estimate of drug-likeness (QED) is 0.862. The normalized spacial score (nSPS) is 12.6. The van der Waals surface area contributed by atoms with Gasteiger partial charge in [0.1, 0.15) is 0 Å². The van der Waals surface area contributed by atoms with Crippen LogP contribution in [0.2, 0.25) is 0 Å². The lowest BCUT2D eigenvalue weighted by Gasteiger charge is -2.22. The van der Waals surface area contributed by atoms with E-state index in [4.69, 9.17) is 5.11 Å². The van der Waals surface area contributed by atoms with E-state index in [1.807, 2.05) is 0 Å². The van der Waals surface area contributed by atoms with Crippen molar-refractivity contribution in [1.82, 2.24) is 10.2 Å². The summed E-state index contributed by atoms with van der Waals surface area (Å²) in [5, 5.41) is 14.1. The maximum absolute atomic E-state index is 12.1. The number of hydrogen-bond acceptors (Lipinski definition) is 4. The second-order valence-corrected chi connectivity index (χ2v) is 3.14. The van der Waals surface area contributed by atoms with Gasteiger partial charge in [-0.05, 0) is 6.07 Å². The summed E-state index contributed by atoms with van der Waals surface area (Å²) < 4.78 is 76.4. The second kappa shape index (κ2) is 4.90. The van der Waals surface area contributed by atoms with Crippen LogP contribution in [-0.4, -0.2) is 39.7 Å². The van der Waals surface area contributed by atoms with Gasteiger partial charge in [0.05, 0.1) is 0 Å². The van der Waals surface area contributed by atoms with E-state index in [9.17, 15) is 31.1 Å². The van der Waals surface area contributed by atoms with E-state index in [1.54, 1.807) is 0 Å². The molecule has 0 bridgehead atoms. The maximum Gasteiger partial charge on any atom is 0.434 e. The molecule has 0 aliphatic heterocycles. The molecule has 0 amide bonds. The summed E-state index contributed by atoms with van der Waals surface area (Å²) in [5.41, 5.74) is -0.650. The lowest BCUT2D eigenvalue weighted by atomic mass is 10.3. The summed E-state index contributed by atoms with van der Waals surface area (Å²) in [6.07, 6.45) is -15.4. The van der Waals surface area contributed by atoms with Crippen molar-refractivity contribution in [1.29, 1.82) is 0 Å². The van der Waals surface area contributed by atoms with Gasteiger partial charge in [-0.3, -0.25) is 0 Å². The zero-order valence-electron chi connectivity index (χ0n) is 8.66. The van der Waals surface area contributed by atoms with Crippen LogP contribution in [0.4, 0.5) is 26.3 Å². The lowest BCUT2D eigenvalue weighted by Crippen LogP contribution is -2.46. The Morgan fingerprint density at radius 2 is 1.63 bits per heavy atom. The zero-order chi connectivity index (χ0) is 14.8. The highest BCUT2D eigenvalue weighted by molar-refractivity contribution is 5.84. The maximum atomic E-state index is 12.1. The van der Waals surface area contributed by atoms with Crippen molar-refractivity contribution in [2.24, 2.45) is 0 Å². The van der Waals surface area contributed by atoms with Gasteiger partial charge < -0.3 is 9.84 Å². The molecular formula is C8H4F6N2O3. The van der Waals surface area contributed by atoms with E-state index < -0.39 is 36.0 Å². The van der Waals surface area contributed by atoms with E-state index in [0.29, 0.717) is 12.1 Å². The average molecular weight is 290 g/mol. The van der Waals surface area contributed by atoms with E-state index >= 15 is 0 Å². The zero-order valence-corrected chi connectivity index (χ0v) is 8.66. The van der Waals surface area contributed by atoms with Crippen LogP contribution in [0.15, 0.2) is 12.1 Å². The number of aromatic carboxylic acids is 1. The monoisotopic (exact) mass is 290 g/mol. The molecule has 0 aliphatic carbocycles. The first-order valence-corrected chi connectivity index (χ1v) is 4.39. The van der Waals surface area contributed by atoms with Crippen molar-refractivity contribution in [3.63, 3.8) is 0 Å². The van der Waals surface area contributed by atoms with E-state index in [1.165, 1.54) is 0 Å². The van der Waals surface area contributed by atoms with Crippen LogP contribution in [0, 0.1) is 0 Å². The molecule has 19 heavy (non-hydrogen) atoms. The van der Waals surface area contributed by atoms with Gasteiger partial charge in [0.25, 0.3) is 6.10 Å². The second-order valence-electron chi connectivity index (χ2n) is 3.14. The number of ether oxygens (including phenoxy) is 1. The molecular weight excluding hydrogens is 286 g/mol. The Bertz CT molecular complexity index is 441. The van der Waals surface area contributed by atoms with Crippen LogP contribution in [-0.2, 0) is 0 Å². The lowest BCUT2D eigenvalue weighted by molar-refractivity contribution is -0.300. The first kappa shape index (κ1) is 15.0. The summed E-state index contributed by atoms with van der Waals surface area (Å²) in [6.45, 7) is 0. The van der Waals surface area contributed by atoms with Crippen molar-refractivity contribution >= 4 is 5.97 Å². The van der Waals surface area contributed by atoms with Crippen LogP contribution >= 0.6 is 0 Å². The minimum Gasteiger partial charge on any atom is -0.476 e. The van der Waals surface area contributed by atoms with Crippen molar-refractivity contribution in [2.75, 3.05) is 0 Å².